The molecule has 0 saturated carbocycles. The van der Waals surface area contributed by atoms with Crippen LogP contribution in [0.1, 0.15) is 79.0 Å². The van der Waals surface area contributed by atoms with E-state index in [4.69, 9.17) is 4.98 Å². The summed E-state index contributed by atoms with van der Waals surface area (Å²) in [5.74, 6) is 0.217. The predicted octanol–water partition coefficient (Wildman–Crippen LogP) is 10.8. The number of hydrogen-bond acceptors (Lipinski definition) is 4. The monoisotopic (exact) mass is 807 g/mol. The van der Waals surface area contributed by atoms with Crippen molar-refractivity contribution in [1.82, 2.24) is 14.5 Å². The second-order valence-corrected chi connectivity index (χ2v) is 16.0. The Bertz CT molecular complexity index is 2040. The molecule has 4 nitrogen and oxygen atoms in total. The maximum absolute atomic E-state index is 11.1. The van der Waals surface area contributed by atoms with Crippen molar-refractivity contribution in [2.45, 2.75) is 88.5 Å². The maximum Gasteiger partial charge on any atom is 0.139 e. The number of hydrogen-bond donors (Lipinski definition) is 1. The molecule has 0 aliphatic rings. The van der Waals surface area contributed by atoms with Gasteiger partial charge in [-0.15, -0.1) is 29.3 Å². The average molecular weight is 808 g/mol. The number of pyridine rings is 2. The van der Waals surface area contributed by atoms with Crippen molar-refractivity contribution >= 4 is 33.7 Å². The number of aromatic hydroxyl groups is 1. The summed E-state index contributed by atoms with van der Waals surface area (Å²) < 4.78 is 2.11. The summed E-state index contributed by atoms with van der Waals surface area (Å²) in [4.78, 5) is 11.1. The summed E-state index contributed by atoms with van der Waals surface area (Å²) in [6.45, 7) is 20.2. The van der Waals surface area contributed by atoms with E-state index in [-0.39, 0.29) is 43.1 Å². The smallest absolute Gasteiger partial charge is 0.139 e. The molecule has 0 radical (unpaired) electrons. The van der Waals surface area contributed by atoms with Crippen LogP contribution in [0.15, 0.2) is 95.0 Å². The fourth-order valence-electron chi connectivity index (χ4n) is 5.75. The average Bonchev–Trinajstić information content (AvgIpc) is 3.28. The first-order chi connectivity index (χ1) is 21.1. The number of nitrogens with zero attached hydrogens (tertiary/aromatic N) is 3. The van der Waals surface area contributed by atoms with Crippen LogP contribution in [0.4, 0.5) is 0 Å². The minimum Gasteiger partial charge on any atom is -0.506 e. The third-order valence-electron chi connectivity index (χ3n) is 8.36. The molecule has 0 saturated heterocycles. The van der Waals surface area contributed by atoms with Crippen molar-refractivity contribution in [3.05, 3.63) is 108 Å². The van der Waals surface area contributed by atoms with Gasteiger partial charge in [0.05, 0.1) is 16.2 Å². The Balaban J connectivity index is 0.00000417. The first-order valence-electron chi connectivity index (χ1n) is 15.6. The molecular weight excluding hydrogens is 766 g/mol. The van der Waals surface area contributed by atoms with E-state index in [2.05, 4.69) is 114 Å². The third kappa shape index (κ3) is 6.55. The van der Waals surface area contributed by atoms with Gasteiger partial charge >= 0.3 is 0 Å². The van der Waals surface area contributed by atoms with Gasteiger partial charge < -0.3 is 5.11 Å². The molecule has 0 unspecified atom stereocenters. The Morgan fingerprint density at radius 3 is 2.04 bits per heavy atom. The van der Waals surface area contributed by atoms with E-state index in [0.717, 1.165) is 48.7 Å². The van der Waals surface area contributed by atoms with E-state index >= 15 is 0 Å². The van der Waals surface area contributed by atoms with E-state index in [0.29, 0.717) is 5.69 Å². The Labute approximate surface area is 292 Å². The van der Waals surface area contributed by atoms with E-state index in [1.54, 1.807) is 17.8 Å². The van der Waals surface area contributed by atoms with Gasteiger partial charge in [-0.25, -0.2) is 4.98 Å². The number of fused-ring (bicyclic) bond motifs is 3. The van der Waals surface area contributed by atoms with Crippen molar-refractivity contribution in [1.29, 1.82) is 0 Å². The summed E-state index contributed by atoms with van der Waals surface area (Å²) in [5.41, 5.74) is 7.74. The molecule has 0 spiro atoms. The molecule has 3 aromatic heterocycles. The standard InChI is InChI=1S/C40H42N3OS.Pt/c1-38(2,3)26-17-18-32-29(23-26)30-24-31(40(7,8)9)36(42-37(30)43(32)33-14-10-11-15-34(33)44)25-20-27(39(4,5)6)22-28(21-25)45-35-16-12-13-19-41-35;/h10-20,22-24,44H,1-9H3;/q-1;. The molecule has 0 amide bonds. The molecule has 46 heavy (non-hydrogen) atoms. The zero-order chi connectivity index (χ0) is 32.3. The van der Waals surface area contributed by atoms with Crippen LogP contribution in [0.3, 0.4) is 0 Å². The number of phenolic OH excluding ortho intramolecular Hbond substituents is 1. The van der Waals surface area contributed by atoms with E-state index in [1.165, 1.54) is 11.1 Å². The number of phenols is 1. The van der Waals surface area contributed by atoms with Crippen molar-refractivity contribution in [2.75, 3.05) is 0 Å². The number of rotatable bonds is 4. The zero-order valence-electron chi connectivity index (χ0n) is 28.1. The normalized spacial score (nSPS) is 12.5. The maximum atomic E-state index is 11.1. The number of aromatic nitrogens is 3. The minimum atomic E-state index is -0.193. The van der Waals surface area contributed by atoms with Crippen LogP contribution < -0.4 is 0 Å². The summed E-state index contributed by atoms with van der Waals surface area (Å²) in [5, 5.41) is 14.2. The van der Waals surface area contributed by atoms with Crippen LogP contribution in [0.2, 0.25) is 0 Å². The van der Waals surface area contributed by atoms with E-state index < -0.39 is 0 Å². The zero-order valence-corrected chi connectivity index (χ0v) is 31.2. The van der Waals surface area contributed by atoms with Crippen molar-refractivity contribution in [3.8, 4) is 22.7 Å². The van der Waals surface area contributed by atoms with Crippen LogP contribution in [0.5, 0.6) is 5.75 Å². The summed E-state index contributed by atoms with van der Waals surface area (Å²) >= 11 is 1.62. The van der Waals surface area contributed by atoms with Gasteiger partial charge in [-0.05, 0) is 63.9 Å². The molecule has 0 aliphatic carbocycles. The molecule has 0 bridgehead atoms. The topological polar surface area (TPSA) is 50.9 Å². The fraction of sp³-hybridized carbons (Fsp3) is 0.300. The van der Waals surface area contributed by atoms with Gasteiger partial charge in [-0.3, -0.25) is 9.55 Å². The van der Waals surface area contributed by atoms with Crippen LogP contribution >= 0.6 is 11.8 Å². The summed E-state index contributed by atoms with van der Waals surface area (Å²) in [6, 6.07) is 30.7. The van der Waals surface area contributed by atoms with Crippen molar-refractivity contribution < 1.29 is 26.2 Å². The third-order valence-corrected chi connectivity index (χ3v) is 9.25. The molecule has 6 heteroatoms. The molecule has 6 rings (SSSR count). The van der Waals surface area contributed by atoms with Gasteiger partial charge in [0.1, 0.15) is 11.4 Å². The Morgan fingerprint density at radius 1 is 0.717 bits per heavy atom. The van der Waals surface area contributed by atoms with Crippen LogP contribution in [-0.4, -0.2) is 19.6 Å². The van der Waals surface area contributed by atoms with Gasteiger partial charge in [-0.2, -0.15) is 0 Å². The summed E-state index contributed by atoms with van der Waals surface area (Å²) in [7, 11) is 0. The Kier molecular flexibility index (Phi) is 9.09. The fourth-order valence-corrected chi connectivity index (χ4v) is 6.59. The van der Waals surface area contributed by atoms with Gasteiger partial charge in [0.2, 0.25) is 0 Å². The van der Waals surface area contributed by atoms with Crippen molar-refractivity contribution in [2.24, 2.45) is 0 Å². The predicted molar refractivity (Wildman–Crippen MR) is 189 cm³/mol. The van der Waals surface area contributed by atoms with E-state index in [1.807, 2.05) is 42.6 Å². The quantitative estimate of drug-likeness (QED) is 0.180. The summed E-state index contributed by atoms with van der Waals surface area (Å²) in [6.07, 6.45) is 1.83. The van der Waals surface area contributed by atoms with Gasteiger partial charge in [0, 0.05) is 38.0 Å². The Hall–Kier alpha value is -3.40. The molecule has 6 aromatic rings. The molecule has 240 valence electrons. The molecule has 0 atom stereocenters. The van der Waals surface area contributed by atoms with Gasteiger partial charge in [-0.1, -0.05) is 115 Å². The molecule has 1 N–H and O–H groups in total. The first-order valence-corrected chi connectivity index (χ1v) is 16.4. The minimum absolute atomic E-state index is 0. The number of para-hydroxylation sites is 2. The Morgan fingerprint density at radius 2 is 1.41 bits per heavy atom. The van der Waals surface area contributed by atoms with Gasteiger partial charge in [0.25, 0.3) is 0 Å². The largest absolute Gasteiger partial charge is 0.506 e. The van der Waals surface area contributed by atoms with Crippen LogP contribution in [0, 0.1) is 6.07 Å². The molecule has 3 aromatic carbocycles. The molecule has 3 heterocycles. The second-order valence-electron chi connectivity index (χ2n) is 15.0. The van der Waals surface area contributed by atoms with Crippen molar-refractivity contribution in [3.63, 3.8) is 0 Å². The van der Waals surface area contributed by atoms with Gasteiger partial charge in [0.15, 0.2) is 0 Å². The molecule has 0 fully saturated rings. The first kappa shape index (κ1) is 33.9. The number of benzene rings is 3. The molecular formula is C40H42N3OPtS-. The van der Waals surface area contributed by atoms with Crippen LogP contribution in [-0.2, 0) is 37.3 Å². The molecule has 0 aliphatic heterocycles. The second kappa shape index (κ2) is 12.3. The van der Waals surface area contributed by atoms with Crippen LogP contribution in [0.25, 0.3) is 38.9 Å². The SMILES string of the molecule is CC(C)(C)c1cc(Sc2ccccn2)[c-]c(-c2nc3c(cc2C(C)(C)C)c2cc(C(C)(C)C)ccc2n3-c2ccccc2O)c1.[Pt]. The van der Waals surface area contributed by atoms with E-state index in [9.17, 15) is 5.11 Å².